The summed E-state index contributed by atoms with van der Waals surface area (Å²) in [5.74, 6) is -0.944. The highest BCUT2D eigenvalue weighted by Crippen LogP contribution is 2.25. The van der Waals surface area contributed by atoms with Crippen LogP contribution in [0.3, 0.4) is 0 Å². The zero-order valence-corrected chi connectivity index (χ0v) is 13.7. The van der Waals surface area contributed by atoms with E-state index in [-0.39, 0.29) is 17.7 Å². The van der Waals surface area contributed by atoms with Gasteiger partial charge in [-0.1, -0.05) is 13.8 Å². The minimum absolute atomic E-state index is 0.0318. The van der Waals surface area contributed by atoms with Crippen molar-refractivity contribution >= 4 is 5.97 Å². The van der Waals surface area contributed by atoms with Crippen molar-refractivity contribution in [3.05, 3.63) is 11.6 Å². The van der Waals surface area contributed by atoms with Gasteiger partial charge in [0.05, 0.1) is 12.2 Å². The van der Waals surface area contributed by atoms with E-state index < -0.39 is 18.2 Å². The minimum atomic E-state index is -0.944. The molecule has 0 saturated heterocycles. The van der Waals surface area contributed by atoms with Crippen LogP contribution in [0.15, 0.2) is 11.6 Å². The highest BCUT2D eigenvalue weighted by molar-refractivity contribution is 5.87. The highest BCUT2D eigenvalue weighted by Gasteiger charge is 2.37. The summed E-state index contributed by atoms with van der Waals surface area (Å²) in [6, 6.07) is -0.319. The van der Waals surface area contributed by atoms with Crippen LogP contribution in [0.1, 0.15) is 53.9 Å². The summed E-state index contributed by atoms with van der Waals surface area (Å²) < 4.78 is 5.90. The van der Waals surface area contributed by atoms with Crippen molar-refractivity contribution in [2.75, 3.05) is 0 Å². The number of carbonyl (C=O) groups is 1. The molecule has 3 atom stereocenters. The van der Waals surface area contributed by atoms with Crippen LogP contribution in [0.25, 0.3) is 0 Å². The van der Waals surface area contributed by atoms with Crippen molar-refractivity contribution in [2.45, 2.75) is 83.8 Å². The molecule has 122 valence electrons. The third-order valence-corrected chi connectivity index (χ3v) is 3.71. The fourth-order valence-corrected chi connectivity index (χ4v) is 2.63. The van der Waals surface area contributed by atoms with Crippen molar-refractivity contribution in [1.82, 2.24) is 5.32 Å². The van der Waals surface area contributed by atoms with Gasteiger partial charge in [-0.3, -0.25) is 0 Å². The molecule has 0 aromatic heterocycles. The second-order valence-electron chi connectivity index (χ2n) is 6.73. The molecule has 1 aliphatic rings. The Labute approximate surface area is 127 Å². The van der Waals surface area contributed by atoms with Crippen LogP contribution >= 0.6 is 0 Å². The summed E-state index contributed by atoms with van der Waals surface area (Å²) in [4.78, 5) is 11.3. The molecule has 0 heterocycles. The summed E-state index contributed by atoms with van der Waals surface area (Å²) in [7, 11) is 0. The molecule has 0 radical (unpaired) electrons. The van der Waals surface area contributed by atoms with Gasteiger partial charge in [0.15, 0.2) is 0 Å². The lowest BCUT2D eigenvalue weighted by molar-refractivity contribution is -0.134. The summed E-state index contributed by atoms with van der Waals surface area (Å²) in [5, 5.41) is 23.1. The molecule has 0 unspecified atom stereocenters. The maximum atomic E-state index is 11.3. The molecule has 1 aliphatic carbocycles. The van der Waals surface area contributed by atoms with E-state index >= 15 is 0 Å². The monoisotopic (exact) mass is 299 g/mol. The summed E-state index contributed by atoms with van der Waals surface area (Å²) >= 11 is 0. The molecular formula is C16H29NO4. The van der Waals surface area contributed by atoms with Gasteiger partial charge in [0.2, 0.25) is 0 Å². The first kappa shape index (κ1) is 18.1. The van der Waals surface area contributed by atoms with E-state index in [2.05, 4.69) is 5.32 Å². The van der Waals surface area contributed by atoms with Gasteiger partial charge in [0.25, 0.3) is 0 Å². The standard InChI is InChI=1S/C16H29NO4/c1-6-11(7-2)21-13-9-10(15(19)20)8-12(14(13)18)17-16(3,4)5/h9,11-14,17-18H,6-8H2,1-5H3,(H,19,20)/t12-,13-,14+/m1/s1. The third kappa shape index (κ3) is 5.41. The van der Waals surface area contributed by atoms with Gasteiger partial charge in [-0.2, -0.15) is 0 Å². The van der Waals surface area contributed by atoms with Gasteiger partial charge in [-0.15, -0.1) is 0 Å². The molecule has 21 heavy (non-hydrogen) atoms. The van der Waals surface area contributed by atoms with Crippen LogP contribution in [0.4, 0.5) is 0 Å². The Morgan fingerprint density at radius 1 is 1.43 bits per heavy atom. The predicted molar refractivity (Wildman–Crippen MR) is 82.3 cm³/mol. The minimum Gasteiger partial charge on any atom is -0.478 e. The zero-order chi connectivity index (χ0) is 16.2. The third-order valence-electron chi connectivity index (χ3n) is 3.71. The molecule has 5 nitrogen and oxygen atoms in total. The Hall–Kier alpha value is -0.910. The number of carboxylic acid groups (broad SMARTS) is 1. The van der Waals surface area contributed by atoms with E-state index in [1.54, 1.807) is 6.08 Å². The lowest BCUT2D eigenvalue weighted by Crippen LogP contribution is -2.55. The molecule has 0 aliphatic heterocycles. The molecule has 0 bridgehead atoms. The van der Waals surface area contributed by atoms with Gasteiger partial charge in [0.1, 0.15) is 6.10 Å². The van der Waals surface area contributed by atoms with E-state index in [1.807, 2.05) is 34.6 Å². The van der Waals surface area contributed by atoms with Crippen LogP contribution in [-0.2, 0) is 9.53 Å². The molecule has 0 aromatic rings. The van der Waals surface area contributed by atoms with E-state index in [4.69, 9.17) is 4.74 Å². The summed E-state index contributed by atoms with van der Waals surface area (Å²) in [5.41, 5.74) is 0.101. The largest absolute Gasteiger partial charge is 0.478 e. The average Bonchev–Trinajstić information content (AvgIpc) is 2.37. The van der Waals surface area contributed by atoms with Crippen molar-refractivity contribution < 1.29 is 19.7 Å². The Kier molecular flexibility index (Phi) is 6.38. The van der Waals surface area contributed by atoms with Gasteiger partial charge >= 0.3 is 5.97 Å². The van der Waals surface area contributed by atoms with Crippen molar-refractivity contribution in [1.29, 1.82) is 0 Å². The van der Waals surface area contributed by atoms with E-state index in [0.29, 0.717) is 12.0 Å². The molecule has 0 spiro atoms. The number of nitrogens with one attached hydrogen (secondary N) is 1. The normalized spacial score (nSPS) is 26.8. The number of rotatable bonds is 6. The number of ether oxygens (including phenoxy) is 1. The smallest absolute Gasteiger partial charge is 0.331 e. The lowest BCUT2D eigenvalue weighted by Gasteiger charge is -2.38. The van der Waals surface area contributed by atoms with E-state index in [0.717, 1.165) is 12.8 Å². The quantitative estimate of drug-likeness (QED) is 0.700. The van der Waals surface area contributed by atoms with Crippen LogP contribution in [0, 0.1) is 0 Å². The molecule has 0 saturated carbocycles. The van der Waals surface area contributed by atoms with Crippen LogP contribution < -0.4 is 5.32 Å². The lowest BCUT2D eigenvalue weighted by atomic mass is 9.88. The Balaban J connectivity index is 2.93. The average molecular weight is 299 g/mol. The highest BCUT2D eigenvalue weighted by atomic mass is 16.5. The summed E-state index contributed by atoms with van der Waals surface area (Å²) in [6.07, 6.45) is 2.26. The van der Waals surface area contributed by atoms with Gasteiger partial charge in [-0.25, -0.2) is 4.79 Å². The van der Waals surface area contributed by atoms with Crippen LogP contribution in [-0.4, -0.2) is 46.1 Å². The first-order valence-electron chi connectivity index (χ1n) is 7.73. The van der Waals surface area contributed by atoms with Gasteiger partial charge < -0.3 is 20.3 Å². The van der Waals surface area contributed by atoms with E-state index in [9.17, 15) is 15.0 Å². The molecule has 5 heteroatoms. The molecule has 0 aromatic carbocycles. The number of aliphatic hydroxyl groups is 1. The Morgan fingerprint density at radius 3 is 2.43 bits per heavy atom. The Morgan fingerprint density at radius 2 is 2.00 bits per heavy atom. The number of hydrogen-bond donors (Lipinski definition) is 3. The second-order valence-corrected chi connectivity index (χ2v) is 6.73. The van der Waals surface area contributed by atoms with Gasteiger partial charge in [0, 0.05) is 17.2 Å². The maximum absolute atomic E-state index is 11.3. The predicted octanol–water partition coefficient (Wildman–Crippen LogP) is 2.09. The fourth-order valence-electron chi connectivity index (χ4n) is 2.63. The van der Waals surface area contributed by atoms with Crippen molar-refractivity contribution in [2.24, 2.45) is 0 Å². The Bertz CT molecular complexity index is 382. The van der Waals surface area contributed by atoms with Crippen molar-refractivity contribution in [3.8, 4) is 0 Å². The molecule has 0 fully saturated rings. The number of carboxylic acids is 1. The topological polar surface area (TPSA) is 78.8 Å². The fraction of sp³-hybridized carbons (Fsp3) is 0.812. The zero-order valence-electron chi connectivity index (χ0n) is 13.7. The molecular weight excluding hydrogens is 270 g/mol. The van der Waals surface area contributed by atoms with Gasteiger partial charge in [-0.05, 0) is 46.1 Å². The van der Waals surface area contributed by atoms with Crippen LogP contribution in [0.2, 0.25) is 0 Å². The number of aliphatic hydroxyl groups excluding tert-OH is 1. The first-order chi connectivity index (χ1) is 9.67. The number of hydrogen-bond acceptors (Lipinski definition) is 4. The SMILES string of the molecule is CCC(CC)O[C@@H]1C=C(C(=O)O)C[C@@H](NC(C)(C)C)[C@@H]1O. The number of aliphatic carboxylic acids is 1. The second kappa shape index (κ2) is 7.38. The first-order valence-corrected chi connectivity index (χ1v) is 7.73. The van der Waals surface area contributed by atoms with Crippen LogP contribution in [0.5, 0.6) is 0 Å². The maximum Gasteiger partial charge on any atom is 0.331 e. The van der Waals surface area contributed by atoms with E-state index in [1.165, 1.54) is 0 Å². The molecule has 3 N–H and O–H groups in total. The summed E-state index contributed by atoms with van der Waals surface area (Å²) in [6.45, 7) is 10.0. The molecule has 1 rings (SSSR count). The molecule has 0 amide bonds. The van der Waals surface area contributed by atoms with Crippen molar-refractivity contribution in [3.63, 3.8) is 0 Å².